The second kappa shape index (κ2) is 6.07. The van der Waals surface area contributed by atoms with Crippen molar-refractivity contribution < 1.29 is 21.9 Å². The van der Waals surface area contributed by atoms with Gasteiger partial charge in [-0.05, 0) is 19.3 Å². The van der Waals surface area contributed by atoms with Gasteiger partial charge < -0.3 is 5.11 Å². The molecule has 0 spiro atoms. The zero-order valence-corrected chi connectivity index (χ0v) is 13.1. The van der Waals surface area contributed by atoms with Crippen molar-refractivity contribution in [2.45, 2.75) is 38.4 Å². The van der Waals surface area contributed by atoms with Gasteiger partial charge in [0, 0.05) is 18.6 Å². The monoisotopic (exact) mass is 313 g/mol. The maximum Gasteiger partial charge on any atom is 0.215 e. The Balaban J connectivity index is 2.71. The van der Waals surface area contributed by atoms with Crippen LogP contribution in [0.15, 0.2) is 0 Å². The summed E-state index contributed by atoms with van der Waals surface area (Å²) in [5.41, 5.74) is -0.468. The third-order valence-corrected chi connectivity index (χ3v) is 7.92. The molecule has 0 aromatic carbocycles. The molecule has 1 aliphatic heterocycles. The van der Waals surface area contributed by atoms with Gasteiger partial charge in [-0.1, -0.05) is 13.8 Å². The fourth-order valence-corrected chi connectivity index (χ4v) is 6.36. The summed E-state index contributed by atoms with van der Waals surface area (Å²) >= 11 is 0. The third kappa shape index (κ3) is 4.14. The van der Waals surface area contributed by atoms with Crippen LogP contribution in [0.3, 0.4) is 0 Å². The first-order valence-electron chi connectivity index (χ1n) is 6.50. The zero-order chi connectivity index (χ0) is 14.7. The number of aliphatic hydroxyl groups is 1. The van der Waals surface area contributed by atoms with E-state index in [1.807, 2.05) is 13.8 Å². The highest BCUT2D eigenvalue weighted by atomic mass is 32.2. The minimum atomic E-state index is -3.63. The minimum absolute atomic E-state index is 0.0642. The lowest BCUT2D eigenvalue weighted by molar-refractivity contribution is 0.119. The predicted molar refractivity (Wildman–Crippen MR) is 74.1 cm³/mol. The van der Waals surface area contributed by atoms with Crippen molar-refractivity contribution in [3.8, 4) is 0 Å². The molecule has 2 N–H and O–H groups in total. The van der Waals surface area contributed by atoms with E-state index in [2.05, 4.69) is 4.72 Å². The molecular formula is C11H23NO5S2. The molecule has 0 aromatic rings. The van der Waals surface area contributed by atoms with Crippen LogP contribution in [-0.2, 0) is 19.9 Å². The van der Waals surface area contributed by atoms with Crippen LogP contribution in [-0.4, -0.2) is 51.8 Å². The minimum Gasteiger partial charge on any atom is -0.396 e. The summed E-state index contributed by atoms with van der Waals surface area (Å²) in [7, 11) is -6.85. The van der Waals surface area contributed by atoms with Gasteiger partial charge in [0.1, 0.15) is 0 Å². The van der Waals surface area contributed by atoms with Crippen molar-refractivity contribution in [3.05, 3.63) is 0 Å². The molecule has 1 saturated heterocycles. The molecule has 0 saturated carbocycles. The maximum absolute atomic E-state index is 12.1. The van der Waals surface area contributed by atoms with Crippen molar-refractivity contribution in [2.75, 3.05) is 24.7 Å². The van der Waals surface area contributed by atoms with Gasteiger partial charge in [-0.3, -0.25) is 0 Å². The molecule has 1 atom stereocenters. The molecule has 1 heterocycles. The zero-order valence-electron chi connectivity index (χ0n) is 11.4. The highest BCUT2D eigenvalue weighted by Gasteiger charge is 2.38. The van der Waals surface area contributed by atoms with E-state index in [1.165, 1.54) is 0 Å². The van der Waals surface area contributed by atoms with E-state index in [0.717, 1.165) is 0 Å². The number of hydrogen-bond acceptors (Lipinski definition) is 5. The smallest absolute Gasteiger partial charge is 0.215 e. The van der Waals surface area contributed by atoms with E-state index in [-0.39, 0.29) is 31.1 Å². The molecule has 114 valence electrons. The lowest BCUT2D eigenvalue weighted by atomic mass is 9.84. The average Bonchev–Trinajstić information content (AvgIpc) is 2.73. The van der Waals surface area contributed by atoms with Crippen LogP contribution in [0, 0.1) is 5.41 Å². The number of aliphatic hydroxyl groups excluding tert-OH is 1. The molecule has 1 fully saturated rings. The summed E-state index contributed by atoms with van der Waals surface area (Å²) in [4.78, 5) is 0. The van der Waals surface area contributed by atoms with E-state index in [9.17, 15) is 21.9 Å². The van der Waals surface area contributed by atoms with E-state index in [0.29, 0.717) is 12.8 Å². The number of hydrogen-bond donors (Lipinski definition) is 2. The molecule has 6 nitrogen and oxygen atoms in total. The number of rotatable bonds is 7. The third-order valence-electron chi connectivity index (χ3n) is 4.11. The predicted octanol–water partition coefficient (Wildman–Crippen LogP) is -0.108. The SMILES string of the molecule is CCC(CC)(CO)CNS(=O)(=O)C1CCS(=O)(=O)C1. The molecule has 0 aromatic heterocycles. The average molecular weight is 313 g/mol. The van der Waals surface area contributed by atoms with Gasteiger partial charge in [0.2, 0.25) is 10.0 Å². The van der Waals surface area contributed by atoms with E-state index in [4.69, 9.17) is 0 Å². The van der Waals surface area contributed by atoms with Gasteiger partial charge in [-0.2, -0.15) is 0 Å². The van der Waals surface area contributed by atoms with Gasteiger partial charge in [0.05, 0.1) is 16.8 Å². The Morgan fingerprint density at radius 3 is 2.26 bits per heavy atom. The summed E-state index contributed by atoms with van der Waals surface area (Å²) in [6.45, 7) is 3.85. The molecular weight excluding hydrogens is 290 g/mol. The number of sulfonamides is 1. The first-order chi connectivity index (χ1) is 8.70. The van der Waals surface area contributed by atoms with Gasteiger partial charge in [-0.25, -0.2) is 21.6 Å². The van der Waals surface area contributed by atoms with Gasteiger partial charge in [0.25, 0.3) is 0 Å². The first-order valence-corrected chi connectivity index (χ1v) is 9.87. The standard InChI is InChI=1S/C11H23NO5S2/c1-3-11(4-2,9-13)8-12-19(16,17)10-5-6-18(14,15)7-10/h10,12-13H,3-9H2,1-2H3. The summed E-state index contributed by atoms with van der Waals surface area (Å²) in [6.07, 6.45) is 1.47. The first kappa shape index (κ1) is 16.9. The van der Waals surface area contributed by atoms with Gasteiger partial charge >= 0.3 is 0 Å². The quantitative estimate of drug-likeness (QED) is 0.683. The van der Waals surface area contributed by atoms with Crippen molar-refractivity contribution >= 4 is 19.9 Å². The fraction of sp³-hybridized carbons (Fsp3) is 1.00. The number of nitrogens with one attached hydrogen (secondary N) is 1. The normalized spacial score (nSPS) is 23.6. The Hall–Kier alpha value is -0.180. The lowest BCUT2D eigenvalue weighted by Crippen LogP contribution is -2.43. The molecule has 0 aliphatic carbocycles. The molecule has 0 bridgehead atoms. The summed E-state index contributed by atoms with van der Waals surface area (Å²) in [5, 5.41) is 8.53. The second-order valence-electron chi connectivity index (χ2n) is 5.26. The Morgan fingerprint density at radius 2 is 1.89 bits per heavy atom. The van der Waals surface area contributed by atoms with E-state index in [1.54, 1.807) is 0 Å². The van der Waals surface area contributed by atoms with Crippen LogP contribution in [0.25, 0.3) is 0 Å². The van der Waals surface area contributed by atoms with Gasteiger partial charge in [0.15, 0.2) is 9.84 Å². The summed E-state index contributed by atoms with van der Waals surface area (Å²) in [5.74, 6) is -0.363. The Morgan fingerprint density at radius 1 is 1.32 bits per heavy atom. The van der Waals surface area contributed by atoms with Crippen LogP contribution in [0.4, 0.5) is 0 Å². The molecule has 8 heteroatoms. The van der Waals surface area contributed by atoms with Crippen molar-refractivity contribution in [2.24, 2.45) is 5.41 Å². The highest BCUT2D eigenvalue weighted by Crippen LogP contribution is 2.26. The molecule has 1 unspecified atom stereocenters. The van der Waals surface area contributed by atoms with Crippen LogP contribution in [0.1, 0.15) is 33.1 Å². The lowest BCUT2D eigenvalue weighted by Gasteiger charge is -2.29. The largest absolute Gasteiger partial charge is 0.396 e. The molecule has 19 heavy (non-hydrogen) atoms. The topological polar surface area (TPSA) is 101 Å². The van der Waals surface area contributed by atoms with E-state index >= 15 is 0 Å². The van der Waals surface area contributed by atoms with Crippen LogP contribution in [0.5, 0.6) is 0 Å². The molecule has 0 radical (unpaired) electrons. The maximum atomic E-state index is 12.1. The Bertz CT molecular complexity index is 485. The Labute approximate surface area is 115 Å². The van der Waals surface area contributed by atoms with Crippen LogP contribution < -0.4 is 4.72 Å². The van der Waals surface area contributed by atoms with Crippen LogP contribution in [0.2, 0.25) is 0 Å². The summed E-state index contributed by atoms with van der Waals surface area (Å²) in [6, 6.07) is 0. The highest BCUT2D eigenvalue weighted by molar-refractivity contribution is 7.95. The van der Waals surface area contributed by atoms with Crippen molar-refractivity contribution in [1.82, 2.24) is 4.72 Å². The molecule has 1 rings (SSSR count). The fourth-order valence-electron chi connectivity index (χ4n) is 2.16. The molecule has 0 amide bonds. The van der Waals surface area contributed by atoms with E-state index < -0.39 is 30.5 Å². The van der Waals surface area contributed by atoms with Gasteiger partial charge in [-0.15, -0.1) is 0 Å². The number of sulfone groups is 1. The van der Waals surface area contributed by atoms with Crippen LogP contribution >= 0.6 is 0 Å². The van der Waals surface area contributed by atoms with Crippen molar-refractivity contribution in [1.29, 1.82) is 0 Å². The summed E-state index contributed by atoms with van der Waals surface area (Å²) < 4.78 is 49.2. The second-order valence-corrected chi connectivity index (χ2v) is 9.53. The molecule has 1 aliphatic rings. The van der Waals surface area contributed by atoms with Crippen molar-refractivity contribution in [3.63, 3.8) is 0 Å². The Kier molecular flexibility index (Phi) is 5.39.